The molecule has 2 rings (SSSR count). The van der Waals surface area contributed by atoms with Gasteiger partial charge in [0.25, 0.3) is 0 Å². The molecule has 3 amide bonds. The maximum absolute atomic E-state index is 12.9. The summed E-state index contributed by atoms with van der Waals surface area (Å²) in [7, 11) is 1.53. The molecule has 25 heavy (non-hydrogen) atoms. The average Bonchev–Trinajstić information content (AvgIpc) is 2.60. The van der Waals surface area contributed by atoms with Gasteiger partial charge in [0.15, 0.2) is 0 Å². The number of carbonyl (C=O) groups is 2. The number of nitrogens with one attached hydrogen (secondary N) is 2. The van der Waals surface area contributed by atoms with E-state index >= 15 is 0 Å². The molecule has 0 fully saturated rings. The minimum Gasteiger partial charge on any atom is -0.497 e. The third-order valence-corrected chi connectivity index (χ3v) is 3.63. The number of nitrogens with two attached hydrogens (primary N) is 1. The molecule has 0 aliphatic rings. The molecule has 0 aromatic heterocycles. The summed E-state index contributed by atoms with van der Waals surface area (Å²) in [5.41, 5.74) is 6.72. The smallest absolute Gasteiger partial charge is 0.319 e. The molecule has 1 atom stereocenters. The van der Waals surface area contributed by atoms with E-state index in [0.717, 1.165) is 5.56 Å². The lowest BCUT2D eigenvalue weighted by Crippen LogP contribution is -2.39. The molecule has 0 aliphatic heterocycles. The summed E-state index contributed by atoms with van der Waals surface area (Å²) in [5.74, 6) is -0.869. The number of rotatable bonds is 7. The molecule has 7 heteroatoms. The molecule has 6 nitrogen and oxygen atoms in total. The van der Waals surface area contributed by atoms with E-state index in [2.05, 4.69) is 10.6 Å². The first-order chi connectivity index (χ1) is 12.0. The molecule has 4 N–H and O–H groups in total. The Morgan fingerprint density at radius 1 is 1.20 bits per heavy atom. The molecule has 0 saturated carbocycles. The monoisotopic (exact) mass is 345 g/mol. The lowest BCUT2D eigenvalue weighted by molar-refractivity contribution is -0.121. The van der Waals surface area contributed by atoms with Crippen LogP contribution in [0, 0.1) is 11.7 Å². The second kappa shape index (κ2) is 8.68. The van der Waals surface area contributed by atoms with Crippen molar-refractivity contribution in [1.82, 2.24) is 5.32 Å². The van der Waals surface area contributed by atoms with E-state index < -0.39 is 17.9 Å². The second-order valence-electron chi connectivity index (χ2n) is 5.50. The fraction of sp³-hybridized carbons (Fsp3) is 0.222. The van der Waals surface area contributed by atoms with Crippen molar-refractivity contribution < 1.29 is 18.7 Å². The van der Waals surface area contributed by atoms with Crippen LogP contribution >= 0.6 is 0 Å². The summed E-state index contributed by atoms with van der Waals surface area (Å²) in [5, 5.41) is 5.27. The molecule has 0 aliphatic carbocycles. The number of ether oxygens (including phenoxy) is 1. The minimum absolute atomic E-state index is 0.0719. The van der Waals surface area contributed by atoms with Crippen LogP contribution in [-0.4, -0.2) is 25.6 Å². The molecular weight excluding hydrogens is 325 g/mol. The van der Waals surface area contributed by atoms with Crippen molar-refractivity contribution in [2.24, 2.45) is 11.7 Å². The van der Waals surface area contributed by atoms with Crippen LogP contribution in [0.3, 0.4) is 0 Å². The van der Waals surface area contributed by atoms with Gasteiger partial charge >= 0.3 is 6.03 Å². The van der Waals surface area contributed by atoms with Crippen LogP contribution in [0.1, 0.15) is 5.56 Å². The first-order valence-electron chi connectivity index (χ1n) is 7.70. The van der Waals surface area contributed by atoms with Crippen LogP contribution in [-0.2, 0) is 11.2 Å². The average molecular weight is 345 g/mol. The zero-order valence-corrected chi connectivity index (χ0v) is 13.8. The number of carbonyl (C=O) groups excluding carboxylic acids is 2. The van der Waals surface area contributed by atoms with Gasteiger partial charge in [-0.25, -0.2) is 9.18 Å². The van der Waals surface area contributed by atoms with Crippen LogP contribution in [0.5, 0.6) is 5.75 Å². The highest BCUT2D eigenvalue weighted by molar-refractivity contribution is 5.89. The Kier molecular flexibility index (Phi) is 6.33. The van der Waals surface area contributed by atoms with Gasteiger partial charge in [-0.2, -0.15) is 0 Å². The van der Waals surface area contributed by atoms with Gasteiger partial charge in [0.1, 0.15) is 11.6 Å². The summed E-state index contributed by atoms with van der Waals surface area (Å²) >= 11 is 0. The van der Waals surface area contributed by atoms with Crippen LogP contribution in [0.2, 0.25) is 0 Å². The Balaban J connectivity index is 1.90. The summed E-state index contributed by atoms with van der Waals surface area (Å²) < 4.78 is 18.0. The Morgan fingerprint density at radius 2 is 1.92 bits per heavy atom. The topological polar surface area (TPSA) is 93.4 Å². The number of primary amides is 1. The summed E-state index contributed by atoms with van der Waals surface area (Å²) in [6, 6.07) is 12.2. The predicted molar refractivity (Wildman–Crippen MR) is 92.8 cm³/mol. The Morgan fingerprint density at radius 3 is 2.56 bits per heavy atom. The van der Waals surface area contributed by atoms with Crippen molar-refractivity contribution in [3.05, 3.63) is 59.9 Å². The van der Waals surface area contributed by atoms with Crippen molar-refractivity contribution in [2.75, 3.05) is 19.0 Å². The maximum atomic E-state index is 12.9. The number of anilines is 1. The third kappa shape index (κ3) is 5.80. The summed E-state index contributed by atoms with van der Waals surface area (Å²) in [6.07, 6.45) is 0.315. The van der Waals surface area contributed by atoms with E-state index in [1.165, 1.54) is 19.2 Å². The van der Waals surface area contributed by atoms with Gasteiger partial charge in [0.05, 0.1) is 13.0 Å². The summed E-state index contributed by atoms with van der Waals surface area (Å²) in [6.45, 7) is 0.0719. The van der Waals surface area contributed by atoms with Gasteiger partial charge in [0.2, 0.25) is 5.91 Å². The van der Waals surface area contributed by atoms with Crippen molar-refractivity contribution in [2.45, 2.75) is 6.42 Å². The second-order valence-corrected chi connectivity index (χ2v) is 5.50. The Hall–Kier alpha value is -3.09. The Labute approximate surface area is 145 Å². The number of hydrogen-bond donors (Lipinski definition) is 3. The van der Waals surface area contributed by atoms with Crippen molar-refractivity contribution in [3.63, 3.8) is 0 Å². The van der Waals surface area contributed by atoms with Gasteiger partial charge in [-0.05, 0) is 36.2 Å². The minimum atomic E-state index is -0.596. The van der Waals surface area contributed by atoms with E-state index in [-0.39, 0.29) is 12.4 Å². The molecule has 1 unspecified atom stereocenters. The summed E-state index contributed by atoms with van der Waals surface area (Å²) in [4.78, 5) is 23.6. The van der Waals surface area contributed by atoms with Gasteiger partial charge in [-0.15, -0.1) is 0 Å². The van der Waals surface area contributed by atoms with Crippen molar-refractivity contribution in [3.8, 4) is 5.75 Å². The zero-order valence-electron chi connectivity index (χ0n) is 13.8. The molecule has 2 aromatic rings. The van der Waals surface area contributed by atoms with Crippen molar-refractivity contribution in [1.29, 1.82) is 0 Å². The number of benzene rings is 2. The Bertz CT molecular complexity index is 735. The zero-order chi connectivity index (χ0) is 18.2. The SMILES string of the molecule is COc1cccc(NC(=O)NCC(Cc2ccc(F)cc2)C(N)=O)c1. The van der Waals surface area contributed by atoms with Crippen LogP contribution in [0.25, 0.3) is 0 Å². The largest absolute Gasteiger partial charge is 0.497 e. The molecule has 0 saturated heterocycles. The molecule has 132 valence electrons. The van der Waals surface area contributed by atoms with Crippen molar-refractivity contribution >= 4 is 17.6 Å². The van der Waals surface area contributed by atoms with Gasteiger partial charge in [-0.1, -0.05) is 18.2 Å². The van der Waals surface area contributed by atoms with E-state index in [1.807, 2.05) is 0 Å². The molecular formula is C18H20FN3O3. The molecule has 2 aromatic carbocycles. The quantitative estimate of drug-likeness (QED) is 0.719. The van der Waals surface area contributed by atoms with E-state index in [4.69, 9.17) is 10.5 Å². The fourth-order valence-electron chi connectivity index (χ4n) is 2.27. The predicted octanol–water partition coefficient (Wildman–Crippen LogP) is 2.30. The molecule has 0 heterocycles. The normalized spacial score (nSPS) is 11.4. The number of methoxy groups -OCH3 is 1. The standard InChI is InChI=1S/C18H20FN3O3/c1-25-16-4-2-3-15(10-16)22-18(24)21-11-13(17(20)23)9-12-5-7-14(19)8-6-12/h2-8,10,13H,9,11H2,1H3,(H2,20,23)(H2,21,22,24). The number of amides is 3. The van der Waals surface area contributed by atoms with E-state index in [9.17, 15) is 14.0 Å². The number of urea groups is 1. The molecule has 0 spiro atoms. The highest BCUT2D eigenvalue weighted by Gasteiger charge is 2.17. The van der Waals surface area contributed by atoms with Crippen LogP contribution in [0.4, 0.5) is 14.9 Å². The van der Waals surface area contributed by atoms with Gasteiger partial charge in [-0.3, -0.25) is 4.79 Å². The van der Waals surface area contributed by atoms with E-state index in [1.54, 1.807) is 36.4 Å². The number of hydrogen-bond acceptors (Lipinski definition) is 3. The fourth-order valence-corrected chi connectivity index (χ4v) is 2.27. The lowest BCUT2D eigenvalue weighted by atomic mass is 9.98. The highest BCUT2D eigenvalue weighted by atomic mass is 19.1. The van der Waals surface area contributed by atoms with Crippen LogP contribution < -0.4 is 21.1 Å². The first kappa shape index (κ1) is 18.3. The lowest BCUT2D eigenvalue weighted by Gasteiger charge is -2.15. The van der Waals surface area contributed by atoms with Crippen LogP contribution in [0.15, 0.2) is 48.5 Å². The number of halogens is 1. The maximum Gasteiger partial charge on any atom is 0.319 e. The first-order valence-corrected chi connectivity index (χ1v) is 7.70. The molecule has 0 radical (unpaired) electrons. The molecule has 0 bridgehead atoms. The third-order valence-electron chi connectivity index (χ3n) is 3.63. The van der Waals surface area contributed by atoms with Gasteiger partial charge < -0.3 is 21.1 Å². The van der Waals surface area contributed by atoms with E-state index in [0.29, 0.717) is 17.9 Å². The highest BCUT2D eigenvalue weighted by Crippen LogP contribution is 2.16. The van der Waals surface area contributed by atoms with Gasteiger partial charge in [0, 0.05) is 18.3 Å².